The van der Waals surface area contributed by atoms with Crippen molar-refractivity contribution in [2.24, 2.45) is 0 Å². The highest BCUT2D eigenvalue weighted by Gasteiger charge is 2.35. The average Bonchev–Trinajstić information content (AvgIpc) is 3.11. The van der Waals surface area contributed by atoms with E-state index in [9.17, 15) is 9.90 Å². The third-order valence-corrected chi connectivity index (χ3v) is 6.01. The van der Waals surface area contributed by atoms with Gasteiger partial charge in [-0.2, -0.15) is 0 Å². The van der Waals surface area contributed by atoms with Crippen LogP contribution in [0.4, 0.5) is 0 Å². The number of benzene rings is 2. The van der Waals surface area contributed by atoms with Crippen LogP contribution < -0.4 is 19.5 Å². The molecule has 182 valence electrons. The molecule has 3 aromatic rings. The van der Waals surface area contributed by atoms with Gasteiger partial charge in [0.1, 0.15) is 16.9 Å². The molecule has 7 nitrogen and oxygen atoms in total. The van der Waals surface area contributed by atoms with Crippen molar-refractivity contribution in [3.8, 4) is 17.2 Å². The summed E-state index contributed by atoms with van der Waals surface area (Å²) in [6.07, 6.45) is 0.417. The van der Waals surface area contributed by atoms with Gasteiger partial charge in [0.2, 0.25) is 0 Å². The smallest absolute Gasteiger partial charge is 0.287 e. The number of aliphatic hydroxyl groups excluding tert-OH is 1. The summed E-state index contributed by atoms with van der Waals surface area (Å²) in [6.45, 7) is 11.2. The summed E-state index contributed by atoms with van der Waals surface area (Å²) in [5.74, 6) is 2.02. The second kappa shape index (κ2) is 9.58. The summed E-state index contributed by atoms with van der Waals surface area (Å²) in [7, 11) is 0. The SMILES string of the molecule is CCOc1ccc(CCNC(=O)c2oc3ccc4c(c3c2C)[C@H](O)CC(C)(C)O4)cc1OCC. The van der Waals surface area contributed by atoms with E-state index in [0.717, 1.165) is 10.9 Å². The molecule has 34 heavy (non-hydrogen) atoms. The highest BCUT2D eigenvalue weighted by Crippen LogP contribution is 2.45. The quantitative estimate of drug-likeness (QED) is 0.479. The van der Waals surface area contributed by atoms with Crippen LogP contribution in [0.3, 0.4) is 0 Å². The summed E-state index contributed by atoms with van der Waals surface area (Å²) in [6, 6.07) is 9.41. The van der Waals surface area contributed by atoms with Crippen molar-refractivity contribution in [3.05, 3.63) is 52.8 Å². The van der Waals surface area contributed by atoms with Gasteiger partial charge in [0.05, 0.1) is 19.3 Å². The lowest BCUT2D eigenvalue weighted by atomic mass is 9.89. The number of nitrogens with one attached hydrogen (secondary N) is 1. The molecule has 0 saturated carbocycles. The van der Waals surface area contributed by atoms with Crippen LogP contribution in [0.1, 0.15) is 67.5 Å². The van der Waals surface area contributed by atoms with Crippen molar-refractivity contribution >= 4 is 16.9 Å². The predicted molar refractivity (Wildman–Crippen MR) is 130 cm³/mol. The molecular weight excluding hydrogens is 434 g/mol. The van der Waals surface area contributed by atoms with Gasteiger partial charge in [0, 0.05) is 29.5 Å². The Hall–Kier alpha value is -3.19. The molecule has 0 saturated heterocycles. The molecule has 2 N–H and O–H groups in total. The van der Waals surface area contributed by atoms with Crippen LogP contribution in [-0.2, 0) is 6.42 Å². The van der Waals surface area contributed by atoms with E-state index in [1.165, 1.54) is 0 Å². The third-order valence-electron chi connectivity index (χ3n) is 6.01. The van der Waals surface area contributed by atoms with Crippen molar-refractivity contribution in [1.29, 1.82) is 0 Å². The number of rotatable bonds is 8. The highest BCUT2D eigenvalue weighted by molar-refractivity contribution is 6.00. The summed E-state index contributed by atoms with van der Waals surface area (Å²) >= 11 is 0. The molecule has 1 aliphatic rings. The Bertz CT molecular complexity index is 1200. The predicted octanol–water partition coefficient (Wildman–Crippen LogP) is 5.11. The lowest BCUT2D eigenvalue weighted by Gasteiger charge is -2.35. The number of carbonyl (C=O) groups excluding carboxylic acids is 1. The normalized spacial score (nSPS) is 16.6. The molecule has 0 spiro atoms. The second-order valence-corrected chi connectivity index (χ2v) is 9.14. The number of aryl methyl sites for hydroxylation is 1. The lowest BCUT2D eigenvalue weighted by Crippen LogP contribution is -2.34. The number of hydrogen-bond donors (Lipinski definition) is 2. The minimum atomic E-state index is -0.686. The molecule has 0 radical (unpaired) electrons. The second-order valence-electron chi connectivity index (χ2n) is 9.14. The molecule has 1 aliphatic heterocycles. The van der Waals surface area contributed by atoms with E-state index in [4.69, 9.17) is 18.6 Å². The fraction of sp³-hybridized carbons (Fsp3) is 0.444. The molecule has 7 heteroatoms. The minimum absolute atomic E-state index is 0.252. The number of hydrogen-bond acceptors (Lipinski definition) is 6. The van der Waals surface area contributed by atoms with E-state index in [0.29, 0.717) is 66.6 Å². The molecule has 0 unspecified atom stereocenters. The third kappa shape index (κ3) is 4.71. The molecule has 1 aromatic heterocycles. The molecule has 4 rings (SSSR count). The van der Waals surface area contributed by atoms with Crippen LogP contribution >= 0.6 is 0 Å². The average molecular weight is 468 g/mol. The maximum Gasteiger partial charge on any atom is 0.287 e. The largest absolute Gasteiger partial charge is 0.490 e. The van der Waals surface area contributed by atoms with E-state index in [1.807, 2.05) is 52.8 Å². The zero-order chi connectivity index (χ0) is 24.5. The fourth-order valence-electron chi connectivity index (χ4n) is 4.55. The number of furan rings is 1. The Morgan fingerprint density at radius 1 is 1.15 bits per heavy atom. The van der Waals surface area contributed by atoms with E-state index in [2.05, 4.69) is 5.32 Å². The van der Waals surface area contributed by atoms with E-state index < -0.39 is 11.7 Å². The number of ether oxygens (including phenoxy) is 3. The number of aliphatic hydroxyl groups is 1. The van der Waals surface area contributed by atoms with E-state index in [1.54, 1.807) is 12.1 Å². The molecule has 0 aliphatic carbocycles. The van der Waals surface area contributed by atoms with Crippen molar-refractivity contribution in [3.63, 3.8) is 0 Å². The first kappa shape index (κ1) is 24.0. The first-order valence-electron chi connectivity index (χ1n) is 11.8. The zero-order valence-electron chi connectivity index (χ0n) is 20.5. The van der Waals surface area contributed by atoms with Gasteiger partial charge in [-0.3, -0.25) is 4.79 Å². The van der Waals surface area contributed by atoms with Gasteiger partial charge in [0.15, 0.2) is 17.3 Å². The van der Waals surface area contributed by atoms with E-state index >= 15 is 0 Å². The Balaban J connectivity index is 1.49. The number of fused-ring (bicyclic) bond motifs is 3. The molecule has 0 bridgehead atoms. The van der Waals surface area contributed by atoms with Crippen molar-refractivity contribution in [1.82, 2.24) is 5.32 Å². The van der Waals surface area contributed by atoms with Gasteiger partial charge >= 0.3 is 0 Å². The summed E-state index contributed by atoms with van der Waals surface area (Å²) in [5, 5.41) is 14.5. The van der Waals surface area contributed by atoms with Gasteiger partial charge in [-0.05, 0) is 70.9 Å². The first-order chi connectivity index (χ1) is 16.2. The molecule has 0 fully saturated rings. The summed E-state index contributed by atoms with van der Waals surface area (Å²) in [5.41, 5.74) is 2.53. The standard InChI is InChI=1S/C27H33NO6/c1-6-31-19-9-8-17(14-22(19)32-7-2)12-13-28-26(30)25-16(3)23-20(33-25)10-11-21-24(23)18(29)15-27(4,5)34-21/h8-11,14,18,29H,6-7,12-13,15H2,1-5H3,(H,28,30)/t18-/m1/s1. The van der Waals surface area contributed by atoms with Crippen molar-refractivity contribution < 1.29 is 28.5 Å². The van der Waals surface area contributed by atoms with Crippen LogP contribution in [0.5, 0.6) is 17.2 Å². The van der Waals surface area contributed by atoms with Crippen molar-refractivity contribution in [2.45, 2.75) is 59.2 Å². The molecule has 2 heterocycles. The molecule has 1 atom stereocenters. The summed E-state index contributed by atoms with van der Waals surface area (Å²) < 4.78 is 23.3. The van der Waals surface area contributed by atoms with E-state index in [-0.39, 0.29) is 11.7 Å². The zero-order valence-corrected chi connectivity index (χ0v) is 20.5. The van der Waals surface area contributed by atoms with Crippen LogP contribution in [0, 0.1) is 6.92 Å². The number of amides is 1. The molecular formula is C27H33NO6. The maximum atomic E-state index is 12.9. The minimum Gasteiger partial charge on any atom is -0.490 e. The maximum absolute atomic E-state index is 12.9. The lowest BCUT2D eigenvalue weighted by molar-refractivity contribution is 0.0126. The van der Waals surface area contributed by atoms with Crippen LogP contribution in [0.2, 0.25) is 0 Å². The van der Waals surface area contributed by atoms with Gasteiger partial charge in [-0.1, -0.05) is 6.07 Å². The Labute approximate surface area is 200 Å². The van der Waals surface area contributed by atoms with Gasteiger partial charge in [0.25, 0.3) is 5.91 Å². The van der Waals surface area contributed by atoms with Crippen molar-refractivity contribution in [2.75, 3.05) is 19.8 Å². The monoisotopic (exact) mass is 467 g/mol. The molecule has 1 amide bonds. The van der Waals surface area contributed by atoms with Crippen LogP contribution in [-0.4, -0.2) is 36.4 Å². The topological polar surface area (TPSA) is 90.2 Å². The van der Waals surface area contributed by atoms with Gasteiger partial charge in [-0.25, -0.2) is 0 Å². The molecule has 2 aromatic carbocycles. The summed E-state index contributed by atoms with van der Waals surface area (Å²) in [4.78, 5) is 12.9. The first-order valence-corrected chi connectivity index (χ1v) is 11.8. The highest BCUT2D eigenvalue weighted by atomic mass is 16.5. The van der Waals surface area contributed by atoms with Gasteiger partial charge in [-0.15, -0.1) is 0 Å². The Morgan fingerprint density at radius 3 is 2.62 bits per heavy atom. The van der Waals surface area contributed by atoms with Gasteiger partial charge < -0.3 is 29.1 Å². The van der Waals surface area contributed by atoms with Crippen LogP contribution in [0.25, 0.3) is 11.0 Å². The van der Waals surface area contributed by atoms with Crippen LogP contribution in [0.15, 0.2) is 34.7 Å². The Kier molecular flexibility index (Phi) is 6.75. The number of carbonyl (C=O) groups is 1. The fourth-order valence-corrected chi connectivity index (χ4v) is 4.55. The Morgan fingerprint density at radius 2 is 1.88 bits per heavy atom.